The van der Waals surface area contributed by atoms with Gasteiger partial charge in [-0.25, -0.2) is 0 Å². The molecule has 2 spiro atoms. The molecule has 0 bridgehead atoms. The highest BCUT2D eigenvalue weighted by molar-refractivity contribution is 6.35. The molecule has 1 N–H and O–H groups in total. The Labute approximate surface area is 377 Å². The normalized spacial score (nSPS) is 24.1. The van der Waals surface area contributed by atoms with Crippen LogP contribution < -0.4 is 15.6 Å². The largest absolute Gasteiger partial charge is 0.492 e. The van der Waals surface area contributed by atoms with E-state index in [-0.39, 0.29) is 40.5 Å². The lowest BCUT2D eigenvalue weighted by molar-refractivity contribution is -0.140. The van der Waals surface area contributed by atoms with Crippen molar-refractivity contribution in [1.82, 2.24) is 34.5 Å². The molecule has 8 heterocycles. The molecule has 4 amide bonds. The summed E-state index contributed by atoms with van der Waals surface area (Å²) >= 11 is 6.61. The van der Waals surface area contributed by atoms with E-state index in [1.807, 2.05) is 23.1 Å². The van der Waals surface area contributed by atoms with Crippen LogP contribution in [0.4, 0.5) is 0 Å². The molecule has 1 saturated carbocycles. The maximum atomic E-state index is 13.4. The van der Waals surface area contributed by atoms with Crippen LogP contribution >= 0.6 is 11.6 Å². The lowest BCUT2D eigenvalue weighted by Gasteiger charge is -2.49. The maximum Gasteiger partial charge on any atom is 0.282 e. The van der Waals surface area contributed by atoms with Crippen LogP contribution in [0.5, 0.6) is 5.75 Å². The number of rotatable bonds is 6. The molecule has 0 radical (unpaired) electrons. The van der Waals surface area contributed by atoms with Gasteiger partial charge in [-0.3, -0.25) is 38.8 Å². The quantitative estimate of drug-likeness (QED) is 0.247. The second-order valence-corrected chi connectivity index (χ2v) is 20.3. The van der Waals surface area contributed by atoms with Crippen LogP contribution in [-0.2, 0) is 31.8 Å². The number of carbonyl (C=O) groups excluding carboxylic acids is 4. The second kappa shape index (κ2) is 15.2. The second-order valence-electron chi connectivity index (χ2n) is 19.9. The molecule has 0 unspecified atom stereocenters. The van der Waals surface area contributed by atoms with Gasteiger partial charge in [-0.1, -0.05) is 55.1 Å². The number of hydrogen-bond acceptors (Lipinski definition) is 9. The van der Waals surface area contributed by atoms with Crippen LogP contribution in [0.25, 0.3) is 16.6 Å². The number of ether oxygens (including phenoxy) is 1. The van der Waals surface area contributed by atoms with Gasteiger partial charge in [-0.05, 0) is 112 Å². The molecule has 3 aromatic carbocycles. The van der Waals surface area contributed by atoms with E-state index >= 15 is 0 Å². The third kappa shape index (κ3) is 6.23. The zero-order valence-corrected chi connectivity index (χ0v) is 37.0. The van der Waals surface area contributed by atoms with Crippen molar-refractivity contribution in [1.29, 1.82) is 0 Å². The zero-order chi connectivity index (χ0) is 43.5. The summed E-state index contributed by atoms with van der Waals surface area (Å²) < 4.78 is 8.64. The predicted molar refractivity (Wildman–Crippen MR) is 240 cm³/mol. The summed E-state index contributed by atoms with van der Waals surface area (Å²) in [6.07, 6.45) is 10.6. The smallest absolute Gasteiger partial charge is 0.282 e. The summed E-state index contributed by atoms with van der Waals surface area (Å²) in [4.78, 5) is 78.0. The minimum Gasteiger partial charge on any atom is -0.492 e. The Hall–Kier alpha value is -5.11. The topological polar surface area (TPSA) is 137 Å². The van der Waals surface area contributed by atoms with E-state index in [0.717, 1.165) is 126 Å². The van der Waals surface area contributed by atoms with E-state index < -0.39 is 11.9 Å². The summed E-state index contributed by atoms with van der Waals surface area (Å²) in [6.45, 7) is 7.04. The van der Waals surface area contributed by atoms with Gasteiger partial charge < -0.3 is 19.4 Å². The highest BCUT2D eigenvalue weighted by Crippen LogP contribution is 2.53. The molecule has 12 rings (SSSR count). The van der Waals surface area contributed by atoms with Crippen LogP contribution in [0, 0.1) is 0 Å². The summed E-state index contributed by atoms with van der Waals surface area (Å²) in [5.41, 5.74) is 6.67. The minimum atomic E-state index is -0.646. The Morgan fingerprint density at radius 2 is 1.67 bits per heavy atom. The Bertz CT molecular complexity index is 2710. The number of likely N-dealkylation sites (tertiary alicyclic amines) is 3. The van der Waals surface area contributed by atoms with Gasteiger partial charge in [0.15, 0.2) is 0 Å². The fourth-order valence-corrected chi connectivity index (χ4v) is 13.2. The minimum absolute atomic E-state index is 0.106. The van der Waals surface area contributed by atoms with Gasteiger partial charge in [0.05, 0.1) is 40.2 Å². The molecular formula is C50H54ClN7O6. The van der Waals surface area contributed by atoms with Crippen LogP contribution in [0.15, 0.2) is 53.3 Å². The molecule has 14 heteroatoms. The van der Waals surface area contributed by atoms with Gasteiger partial charge in [0.25, 0.3) is 11.5 Å². The number of carbonyl (C=O) groups is 4. The van der Waals surface area contributed by atoms with E-state index in [0.29, 0.717) is 53.9 Å². The molecule has 7 aliphatic heterocycles. The lowest BCUT2D eigenvalue weighted by atomic mass is 9.69. The molecule has 1 atom stereocenters. The van der Waals surface area contributed by atoms with Crippen molar-refractivity contribution >= 4 is 46.1 Å². The molecule has 4 saturated heterocycles. The third-order valence-corrected chi connectivity index (χ3v) is 17.0. The first-order chi connectivity index (χ1) is 31.1. The molecule has 5 fully saturated rings. The first-order valence-corrected chi connectivity index (χ1v) is 24.0. The fourth-order valence-electron chi connectivity index (χ4n) is 13.0. The van der Waals surface area contributed by atoms with Gasteiger partial charge >= 0.3 is 0 Å². The number of halogens is 1. The molecule has 64 heavy (non-hydrogen) atoms. The highest BCUT2D eigenvalue weighted by Gasteiger charge is 2.50. The Morgan fingerprint density at radius 1 is 0.891 bits per heavy atom. The van der Waals surface area contributed by atoms with Crippen LogP contribution in [0.2, 0.25) is 5.02 Å². The monoisotopic (exact) mass is 883 g/mol. The van der Waals surface area contributed by atoms with E-state index in [1.165, 1.54) is 23.1 Å². The number of nitrogens with one attached hydrogen (secondary N) is 1. The number of fused-ring (bicyclic) bond motifs is 11. The zero-order valence-electron chi connectivity index (χ0n) is 36.2. The van der Waals surface area contributed by atoms with E-state index in [4.69, 9.17) is 21.3 Å². The average molecular weight is 884 g/mol. The summed E-state index contributed by atoms with van der Waals surface area (Å²) in [5.74, 6) is 1.49. The van der Waals surface area contributed by atoms with Crippen LogP contribution in [0.3, 0.4) is 0 Å². The number of benzene rings is 3. The van der Waals surface area contributed by atoms with Crippen LogP contribution in [0.1, 0.15) is 121 Å². The number of hydrogen-bond donors (Lipinski definition) is 1. The van der Waals surface area contributed by atoms with Gasteiger partial charge in [0.2, 0.25) is 17.7 Å². The number of imide groups is 1. The molecule has 4 aromatic rings. The Kier molecular flexibility index (Phi) is 9.62. The van der Waals surface area contributed by atoms with Crippen molar-refractivity contribution in [3.8, 4) is 11.4 Å². The standard InChI is InChI=1S/C50H54ClN7O6/c51-37-5-4-6-38-43(37)46(62)53-48-50(16-2-1-3-17-50)35-9-7-31(25-40(35)58(38)48)30-13-20-54(21-14-30)22-15-42(60)56-26-32(27-56)55-23-18-49(19-24-55)29-64-44-34-28-57(39-11-12-41(59)52-45(39)61)47(63)33(34)8-10-36(44)49/h4-10,25,30,32,39H,1-3,11-24,26-29H2,(H,52,59,61)/t39-/m0/s1. The van der Waals surface area contributed by atoms with Crippen molar-refractivity contribution in [3.05, 3.63) is 97.5 Å². The summed E-state index contributed by atoms with van der Waals surface area (Å²) in [7, 11) is 0. The van der Waals surface area contributed by atoms with Gasteiger partial charge in [-0.15, -0.1) is 0 Å². The highest BCUT2D eigenvalue weighted by atomic mass is 35.5. The number of amides is 4. The van der Waals surface area contributed by atoms with Crippen molar-refractivity contribution in [2.45, 2.75) is 112 Å². The van der Waals surface area contributed by atoms with Crippen molar-refractivity contribution in [2.24, 2.45) is 0 Å². The first kappa shape index (κ1) is 40.4. The molecule has 8 aliphatic rings. The van der Waals surface area contributed by atoms with Crippen molar-refractivity contribution < 1.29 is 23.9 Å². The molecule has 332 valence electrons. The number of aromatic nitrogens is 2. The Balaban J connectivity index is 0.637. The first-order valence-electron chi connectivity index (χ1n) is 23.7. The summed E-state index contributed by atoms with van der Waals surface area (Å²) in [6, 6.07) is 16.5. The SMILES string of the molecule is O=C1CC[C@H](N2Cc3c(ccc4c3OCC43CCN(C4CN(C(=O)CCN5CCC(c6ccc7c(c6)-n6c(nc(=O)c8c(Cl)cccc86)C76CCCCC6)CC5)C4)CC3)C2=O)C(=O)N1. The van der Waals surface area contributed by atoms with Crippen molar-refractivity contribution in [2.75, 3.05) is 52.4 Å². The van der Waals surface area contributed by atoms with E-state index in [2.05, 4.69) is 43.9 Å². The van der Waals surface area contributed by atoms with Gasteiger partial charge in [0, 0.05) is 60.6 Å². The molecule has 13 nitrogen and oxygen atoms in total. The van der Waals surface area contributed by atoms with Gasteiger partial charge in [-0.2, -0.15) is 4.98 Å². The van der Waals surface area contributed by atoms with Crippen LogP contribution in [-0.4, -0.2) is 117 Å². The fraction of sp³-hybridized carbons (Fsp3) is 0.520. The number of piperidine rings is 3. The molecular weight excluding hydrogens is 830 g/mol. The number of nitrogens with zero attached hydrogens (tertiary/aromatic N) is 6. The van der Waals surface area contributed by atoms with Gasteiger partial charge in [0.1, 0.15) is 17.6 Å². The summed E-state index contributed by atoms with van der Waals surface area (Å²) in [5, 5.41) is 3.33. The van der Waals surface area contributed by atoms with E-state index in [1.54, 1.807) is 11.0 Å². The molecule has 1 aliphatic carbocycles. The predicted octanol–water partition coefficient (Wildman–Crippen LogP) is 5.57. The Morgan fingerprint density at radius 3 is 2.45 bits per heavy atom. The lowest BCUT2D eigenvalue weighted by Crippen LogP contribution is -2.63. The maximum absolute atomic E-state index is 13.4. The van der Waals surface area contributed by atoms with E-state index in [9.17, 15) is 24.0 Å². The van der Waals surface area contributed by atoms with Crippen molar-refractivity contribution in [3.63, 3.8) is 0 Å². The molecule has 1 aromatic heterocycles. The average Bonchev–Trinajstić information content (AvgIpc) is 3.90. The third-order valence-electron chi connectivity index (χ3n) is 16.7.